The monoisotopic (exact) mass is 676 g/mol. The van der Waals surface area contributed by atoms with E-state index in [0.29, 0.717) is 12.8 Å². The van der Waals surface area contributed by atoms with E-state index in [1.54, 1.807) is 0 Å². The smallest absolute Gasteiger partial charge is 0.220 e. The van der Waals surface area contributed by atoms with E-state index < -0.39 is 18.2 Å². The molecule has 0 saturated carbocycles. The van der Waals surface area contributed by atoms with Crippen molar-refractivity contribution in [1.29, 1.82) is 0 Å². The van der Waals surface area contributed by atoms with Crippen molar-refractivity contribution in [2.75, 3.05) is 6.61 Å². The van der Waals surface area contributed by atoms with Gasteiger partial charge < -0.3 is 20.6 Å². The van der Waals surface area contributed by atoms with Gasteiger partial charge in [0.05, 0.1) is 18.8 Å². The number of hydrogen-bond acceptors (Lipinski definition) is 4. The third-order valence-electron chi connectivity index (χ3n) is 9.49. The summed E-state index contributed by atoms with van der Waals surface area (Å²) in [6.07, 6.45) is 46.7. The van der Waals surface area contributed by atoms with Crippen molar-refractivity contribution in [3.8, 4) is 0 Å². The number of aliphatic hydroxyl groups excluding tert-OH is 3. The Balaban J connectivity index is 3.71. The number of carbonyl (C=O) groups excluding carboxylic acids is 1. The molecule has 0 aromatic carbocycles. The van der Waals surface area contributed by atoms with Gasteiger partial charge in [-0.25, -0.2) is 0 Å². The highest BCUT2D eigenvalue weighted by molar-refractivity contribution is 5.76. The van der Waals surface area contributed by atoms with E-state index >= 15 is 0 Å². The Hall–Kier alpha value is -1.43. The molecule has 0 radical (unpaired) electrons. The van der Waals surface area contributed by atoms with Gasteiger partial charge >= 0.3 is 0 Å². The molecule has 0 heterocycles. The number of nitrogens with one attached hydrogen (secondary N) is 1. The summed E-state index contributed by atoms with van der Waals surface area (Å²) in [6, 6.07) is -0.831. The molecule has 3 unspecified atom stereocenters. The maximum absolute atomic E-state index is 12.4. The lowest BCUT2D eigenvalue weighted by molar-refractivity contribution is -0.124. The van der Waals surface area contributed by atoms with E-state index in [1.807, 2.05) is 0 Å². The predicted molar refractivity (Wildman–Crippen MR) is 208 cm³/mol. The second-order valence-corrected chi connectivity index (χ2v) is 14.2. The molecule has 4 N–H and O–H groups in total. The Morgan fingerprint density at radius 1 is 0.521 bits per heavy atom. The number of carbonyl (C=O) groups is 1. The molecule has 0 fully saturated rings. The summed E-state index contributed by atoms with van der Waals surface area (Å²) in [5.41, 5.74) is 0. The Morgan fingerprint density at radius 2 is 0.896 bits per heavy atom. The van der Waals surface area contributed by atoms with E-state index in [1.165, 1.54) is 135 Å². The fourth-order valence-corrected chi connectivity index (χ4v) is 6.21. The predicted octanol–water partition coefficient (Wildman–Crippen LogP) is 11.6. The zero-order valence-electron chi connectivity index (χ0n) is 31.9. The van der Waals surface area contributed by atoms with Crippen molar-refractivity contribution >= 4 is 5.91 Å². The summed E-state index contributed by atoms with van der Waals surface area (Å²) in [5, 5.41) is 33.4. The molecular formula is C43H81NO4. The zero-order chi connectivity index (χ0) is 35.2. The van der Waals surface area contributed by atoms with E-state index in [9.17, 15) is 20.1 Å². The van der Waals surface area contributed by atoms with Crippen LogP contribution in [0.5, 0.6) is 0 Å². The van der Waals surface area contributed by atoms with Crippen molar-refractivity contribution in [1.82, 2.24) is 5.32 Å². The van der Waals surface area contributed by atoms with Gasteiger partial charge in [0.15, 0.2) is 0 Å². The fraction of sp³-hybridized carbons (Fsp3) is 0.837. The average molecular weight is 676 g/mol. The van der Waals surface area contributed by atoms with Crippen LogP contribution in [-0.4, -0.2) is 46.1 Å². The van der Waals surface area contributed by atoms with Gasteiger partial charge in [-0.1, -0.05) is 172 Å². The largest absolute Gasteiger partial charge is 0.394 e. The lowest BCUT2D eigenvalue weighted by Crippen LogP contribution is -2.50. The first-order chi connectivity index (χ1) is 23.6. The molecule has 5 heteroatoms. The summed E-state index contributed by atoms with van der Waals surface area (Å²) >= 11 is 0. The molecule has 0 aliphatic carbocycles. The molecule has 0 saturated heterocycles. The van der Waals surface area contributed by atoms with Crippen LogP contribution in [0.2, 0.25) is 0 Å². The summed E-state index contributed by atoms with van der Waals surface area (Å²) in [5.74, 6) is -0.167. The third kappa shape index (κ3) is 33.1. The van der Waals surface area contributed by atoms with E-state index in [4.69, 9.17) is 0 Å². The molecule has 3 atom stereocenters. The topological polar surface area (TPSA) is 89.8 Å². The minimum Gasteiger partial charge on any atom is -0.394 e. The number of allylic oxidation sites excluding steroid dienone is 6. The molecule has 1 amide bonds. The van der Waals surface area contributed by atoms with Crippen LogP contribution in [0.25, 0.3) is 0 Å². The molecule has 282 valence electrons. The van der Waals surface area contributed by atoms with Crippen LogP contribution in [0.4, 0.5) is 0 Å². The molecular weight excluding hydrogens is 594 g/mol. The molecule has 48 heavy (non-hydrogen) atoms. The van der Waals surface area contributed by atoms with E-state index in [2.05, 4.69) is 55.6 Å². The van der Waals surface area contributed by atoms with Gasteiger partial charge in [-0.15, -0.1) is 0 Å². The Bertz CT molecular complexity index is 749. The lowest BCUT2D eigenvalue weighted by atomic mass is 10.0. The van der Waals surface area contributed by atoms with Gasteiger partial charge in [0.25, 0.3) is 0 Å². The van der Waals surface area contributed by atoms with Crippen molar-refractivity contribution in [3.63, 3.8) is 0 Å². The molecule has 0 rings (SSSR count). The highest BCUT2D eigenvalue weighted by Gasteiger charge is 2.26. The van der Waals surface area contributed by atoms with Crippen LogP contribution in [0, 0.1) is 0 Å². The lowest BCUT2D eigenvalue weighted by Gasteiger charge is -2.26. The quantitative estimate of drug-likeness (QED) is 0.0300. The minimum absolute atomic E-state index is 0.167. The maximum atomic E-state index is 12.4. The Kier molecular flexibility index (Phi) is 37.2. The van der Waals surface area contributed by atoms with Crippen LogP contribution < -0.4 is 5.32 Å². The first-order valence-corrected chi connectivity index (χ1v) is 20.8. The van der Waals surface area contributed by atoms with Crippen LogP contribution in [0.1, 0.15) is 206 Å². The Morgan fingerprint density at radius 3 is 1.38 bits per heavy atom. The van der Waals surface area contributed by atoms with Gasteiger partial charge in [-0.05, 0) is 64.2 Å². The van der Waals surface area contributed by atoms with Crippen molar-refractivity contribution in [2.45, 2.75) is 225 Å². The van der Waals surface area contributed by atoms with Crippen LogP contribution in [0.15, 0.2) is 36.5 Å². The number of unbranched alkanes of at least 4 members (excludes halogenated alkanes) is 24. The normalized spacial score (nSPS) is 14.0. The van der Waals surface area contributed by atoms with Gasteiger partial charge in [0, 0.05) is 6.42 Å². The zero-order valence-corrected chi connectivity index (χ0v) is 31.9. The molecule has 0 aromatic heterocycles. The maximum Gasteiger partial charge on any atom is 0.220 e. The molecule has 0 bridgehead atoms. The summed E-state index contributed by atoms with van der Waals surface area (Å²) in [7, 11) is 0. The van der Waals surface area contributed by atoms with Crippen molar-refractivity contribution in [3.05, 3.63) is 36.5 Å². The molecule has 0 spiro atoms. The molecule has 0 aliphatic rings. The number of hydrogen-bond donors (Lipinski definition) is 4. The number of rotatable bonds is 37. The molecule has 0 aromatic rings. The summed E-state index contributed by atoms with van der Waals surface area (Å²) < 4.78 is 0. The van der Waals surface area contributed by atoms with Gasteiger partial charge in [-0.2, -0.15) is 0 Å². The molecule has 0 aliphatic heterocycles. The van der Waals surface area contributed by atoms with Gasteiger partial charge in [0.2, 0.25) is 5.91 Å². The summed E-state index contributed by atoms with van der Waals surface area (Å²) in [4.78, 5) is 12.4. The van der Waals surface area contributed by atoms with Crippen LogP contribution >= 0.6 is 0 Å². The highest BCUT2D eigenvalue weighted by atomic mass is 16.3. The third-order valence-corrected chi connectivity index (χ3v) is 9.49. The second-order valence-electron chi connectivity index (χ2n) is 14.2. The SMILES string of the molecule is CCCCC/C=C\C=C/CCCCCCCCC(=O)NC(CO)C(O)C(O)CCC/C=C/CCCCCCCCCCCCCCCC. The standard InChI is InChI=1S/C43H81NO4/c1-3-5-7-9-11-13-15-17-19-20-21-22-24-25-27-29-31-33-35-37-41(46)43(48)40(39-45)44-42(47)38-36-34-32-30-28-26-23-18-16-14-12-10-8-6-4-2/h12,14,16,18,29,31,40-41,43,45-46,48H,3-11,13,15,17,19-28,30,32-39H2,1-2H3,(H,44,47)/b14-12-,18-16-,31-29+. The van der Waals surface area contributed by atoms with Crippen molar-refractivity contribution < 1.29 is 20.1 Å². The van der Waals surface area contributed by atoms with E-state index in [0.717, 1.165) is 44.9 Å². The molecule has 5 nitrogen and oxygen atoms in total. The Labute approximate surface area is 298 Å². The van der Waals surface area contributed by atoms with Gasteiger partial charge in [-0.3, -0.25) is 4.79 Å². The highest BCUT2D eigenvalue weighted by Crippen LogP contribution is 2.15. The summed E-state index contributed by atoms with van der Waals surface area (Å²) in [6.45, 7) is 4.13. The number of amides is 1. The van der Waals surface area contributed by atoms with Crippen LogP contribution in [-0.2, 0) is 4.79 Å². The average Bonchev–Trinajstić information content (AvgIpc) is 3.09. The first kappa shape index (κ1) is 46.6. The minimum atomic E-state index is -1.16. The van der Waals surface area contributed by atoms with E-state index in [-0.39, 0.29) is 12.5 Å². The fourth-order valence-electron chi connectivity index (χ4n) is 6.21. The second kappa shape index (κ2) is 38.4. The number of aliphatic hydroxyl groups is 3. The van der Waals surface area contributed by atoms with Gasteiger partial charge in [0.1, 0.15) is 6.10 Å². The van der Waals surface area contributed by atoms with Crippen LogP contribution in [0.3, 0.4) is 0 Å². The first-order valence-electron chi connectivity index (χ1n) is 20.8. The van der Waals surface area contributed by atoms with Crippen molar-refractivity contribution in [2.24, 2.45) is 0 Å².